The third-order valence-electron chi connectivity index (χ3n) is 4.97. The number of nitrogens with zero attached hydrogens (tertiary/aromatic N) is 3. The van der Waals surface area contributed by atoms with E-state index in [0.29, 0.717) is 0 Å². The van der Waals surface area contributed by atoms with Crippen LogP contribution >= 0.6 is 12.2 Å². The Morgan fingerprint density at radius 1 is 1.04 bits per heavy atom. The van der Waals surface area contributed by atoms with Gasteiger partial charge in [0.2, 0.25) is 4.77 Å². The van der Waals surface area contributed by atoms with Crippen molar-refractivity contribution in [3.8, 4) is 5.69 Å². The standard InChI is InChI=1S/C20H22N4S/c1-15-7-9-19(10-8-15)24-16(2)21-23(20(24)25)14-22-12-11-17-5-3-4-6-18(17)13-22/h3-10H,11-14H2,1-2H3/p+1. The summed E-state index contributed by atoms with van der Waals surface area (Å²) in [4.78, 5) is 1.50. The topological polar surface area (TPSA) is 27.2 Å². The highest BCUT2D eigenvalue weighted by Gasteiger charge is 2.20. The lowest BCUT2D eigenvalue weighted by molar-refractivity contribution is -0.939. The zero-order valence-corrected chi connectivity index (χ0v) is 15.5. The largest absolute Gasteiger partial charge is 0.312 e. The Balaban J connectivity index is 1.59. The van der Waals surface area contributed by atoms with E-state index in [1.54, 1.807) is 0 Å². The fourth-order valence-corrected chi connectivity index (χ4v) is 3.94. The van der Waals surface area contributed by atoms with E-state index in [0.717, 1.165) is 42.5 Å². The fraction of sp³-hybridized carbons (Fsp3) is 0.300. The number of hydrogen-bond acceptors (Lipinski definition) is 2. The molecule has 0 aliphatic carbocycles. The van der Waals surface area contributed by atoms with E-state index in [4.69, 9.17) is 17.3 Å². The van der Waals surface area contributed by atoms with E-state index in [1.165, 1.54) is 21.6 Å². The normalized spacial score (nSPS) is 16.6. The molecular weight excluding hydrogens is 328 g/mol. The third-order valence-corrected chi connectivity index (χ3v) is 5.37. The molecule has 1 unspecified atom stereocenters. The van der Waals surface area contributed by atoms with Crippen LogP contribution in [0.25, 0.3) is 5.69 Å². The number of aromatic nitrogens is 3. The summed E-state index contributed by atoms with van der Waals surface area (Å²) in [7, 11) is 0. The Morgan fingerprint density at radius 3 is 2.52 bits per heavy atom. The number of benzene rings is 2. The van der Waals surface area contributed by atoms with Crippen molar-refractivity contribution in [1.82, 2.24) is 14.3 Å². The van der Waals surface area contributed by atoms with Crippen LogP contribution in [0.4, 0.5) is 0 Å². The summed E-state index contributed by atoms with van der Waals surface area (Å²) in [6, 6.07) is 17.2. The van der Waals surface area contributed by atoms with E-state index in [2.05, 4.69) is 60.0 Å². The molecular formula is C20H23N4S+. The lowest BCUT2D eigenvalue weighted by atomic mass is 10.0. The molecule has 0 spiro atoms. The van der Waals surface area contributed by atoms with Gasteiger partial charge in [0.25, 0.3) is 0 Å². The quantitative estimate of drug-likeness (QED) is 0.735. The first-order valence-corrected chi connectivity index (χ1v) is 9.16. The van der Waals surface area contributed by atoms with Gasteiger partial charge in [-0.1, -0.05) is 42.0 Å². The Morgan fingerprint density at radius 2 is 1.76 bits per heavy atom. The molecule has 5 heteroatoms. The molecule has 0 fully saturated rings. The van der Waals surface area contributed by atoms with Gasteiger partial charge in [-0.3, -0.25) is 4.57 Å². The number of nitrogens with one attached hydrogen (secondary N) is 1. The molecule has 0 saturated heterocycles. The van der Waals surface area contributed by atoms with Gasteiger partial charge in [-0.05, 0) is 43.8 Å². The number of hydrogen-bond donors (Lipinski definition) is 1. The van der Waals surface area contributed by atoms with Gasteiger partial charge < -0.3 is 4.90 Å². The van der Waals surface area contributed by atoms with Crippen molar-refractivity contribution in [3.05, 3.63) is 75.8 Å². The monoisotopic (exact) mass is 351 g/mol. The molecule has 0 bridgehead atoms. The molecule has 1 aromatic heterocycles. The first-order chi connectivity index (χ1) is 12.1. The van der Waals surface area contributed by atoms with Crippen LogP contribution in [0.15, 0.2) is 48.5 Å². The maximum Gasteiger partial charge on any atom is 0.207 e. The number of aryl methyl sites for hydroxylation is 2. The molecule has 1 N–H and O–H groups in total. The van der Waals surface area contributed by atoms with E-state index in [9.17, 15) is 0 Å². The zero-order chi connectivity index (χ0) is 17.4. The highest BCUT2D eigenvalue weighted by molar-refractivity contribution is 7.71. The number of fused-ring (bicyclic) bond motifs is 1. The summed E-state index contributed by atoms with van der Waals surface area (Å²) in [5, 5.41) is 4.71. The molecule has 0 amide bonds. The Labute approximate surface area is 153 Å². The minimum Gasteiger partial charge on any atom is -0.312 e. The highest BCUT2D eigenvalue weighted by atomic mass is 32.1. The summed E-state index contributed by atoms with van der Waals surface area (Å²) in [6.45, 7) is 7.08. The van der Waals surface area contributed by atoms with Gasteiger partial charge >= 0.3 is 0 Å². The molecule has 4 rings (SSSR count). The lowest BCUT2D eigenvalue weighted by Gasteiger charge is -2.25. The van der Waals surface area contributed by atoms with Crippen molar-refractivity contribution < 1.29 is 4.90 Å². The van der Waals surface area contributed by atoms with Crippen LogP contribution in [-0.4, -0.2) is 20.9 Å². The van der Waals surface area contributed by atoms with Crippen LogP contribution in [0.2, 0.25) is 0 Å². The van der Waals surface area contributed by atoms with Gasteiger partial charge in [-0.2, -0.15) is 9.78 Å². The molecule has 2 aromatic carbocycles. The Bertz CT molecular complexity index is 953. The van der Waals surface area contributed by atoms with E-state index in [-0.39, 0.29) is 0 Å². The van der Waals surface area contributed by atoms with Crippen LogP contribution in [0.5, 0.6) is 0 Å². The summed E-state index contributed by atoms with van der Waals surface area (Å²) in [6.07, 6.45) is 1.12. The molecule has 1 aliphatic rings. The van der Waals surface area contributed by atoms with Crippen LogP contribution in [-0.2, 0) is 19.6 Å². The fourth-order valence-electron chi connectivity index (χ4n) is 3.60. The predicted molar refractivity (Wildman–Crippen MR) is 102 cm³/mol. The second kappa shape index (κ2) is 6.58. The Kier molecular flexibility index (Phi) is 4.27. The van der Waals surface area contributed by atoms with E-state index < -0.39 is 0 Å². The van der Waals surface area contributed by atoms with Crippen molar-refractivity contribution in [1.29, 1.82) is 0 Å². The first-order valence-electron chi connectivity index (χ1n) is 8.75. The second-order valence-electron chi connectivity index (χ2n) is 6.85. The van der Waals surface area contributed by atoms with Gasteiger partial charge in [-0.15, -0.1) is 0 Å². The van der Waals surface area contributed by atoms with Gasteiger partial charge in [-0.25, -0.2) is 0 Å². The molecule has 0 saturated carbocycles. The molecule has 0 radical (unpaired) electrons. The zero-order valence-electron chi connectivity index (χ0n) is 14.7. The minimum atomic E-state index is 0.771. The maximum absolute atomic E-state index is 5.72. The molecule has 25 heavy (non-hydrogen) atoms. The molecule has 2 heterocycles. The predicted octanol–water partition coefficient (Wildman–Crippen LogP) is 2.62. The summed E-state index contributed by atoms with van der Waals surface area (Å²) < 4.78 is 4.81. The average molecular weight is 351 g/mol. The van der Waals surface area contributed by atoms with E-state index in [1.807, 2.05) is 11.6 Å². The van der Waals surface area contributed by atoms with Crippen LogP contribution in [0.1, 0.15) is 22.5 Å². The van der Waals surface area contributed by atoms with E-state index >= 15 is 0 Å². The SMILES string of the molecule is Cc1ccc(-n2c(C)nn(C[NH+]3CCc4ccccc4C3)c2=S)cc1. The summed E-state index contributed by atoms with van der Waals surface area (Å²) in [5.74, 6) is 0.936. The van der Waals surface area contributed by atoms with Crippen molar-refractivity contribution in [2.24, 2.45) is 0 Å². The highest BCUT2D eigenvalue weighted by Crippen LogP contribution is 2.13. The van der Waals surface area contributed by atoms with Crippen molar-refractivity contribution in [2.45, 2.75) is 33.5 Å². The molecule has 4 nitrogen and oxygen atoms in total. The minimum absolute atomic E-state index is 0.771. The van der Waals surface area contributed by atoms with Gasteiger partial charge in [0.05, 0.1) is 6.54 Å². The van der Waals surface area contributed by atoms with Crippen molar-refractivity contribution >= 4 is 12.2 Å². The molecule has 1 atom stereocenters. The molecule has 3 aromatic rings. The summed E-state index contributed by atoms with van der Waals surface area (Å²) >= 11 is 5.72. The van der Waals surface area contributed by atoms with Crippen LogP contribution < -0.4 is 4.90 Å². The van der Waals surface area contributed by atoms with Gasteiger partial charge in [0.1, 0.15) is 12.4 Å². The number of rotatable bonds is 3. The Hall–Kier alpha value is -2.24. The van der Waals surface area contributed by atoms with Gasteiger partial charge in [0, 0.05) is 17.7 Å². The van der Waals surface area contributed by atoms with Crippen LogP contribution in [0.3, 0.4) is 0 Å². The van der Waals surface area contributed by atoms with Gasteiger partial charge in [0.15, 0.2) is 6.67 Å². The lowest BCUT2D eigenvalue weighted by Crippen LogP contribution is -3.11. The maximum atomic E-state index is 5.72. The smallest absolute Gasteiger partial charge is 0.207 e. The average Bonchev–Trinajstić information content (AvgIpc) is 2.89. The third kappa shape index (κ3) is 3.17. The van der Waals surface area contributed by atoms with Crippen molar-refractivity contribution in [3.63, 3.8) is 0 Å². The molecule has 128 valence electrons. The van der Waals surface area contributed by atoms with Crippen molar-refractivity contribution in [2.75, 3.05) is 6.54 Å². The molecule has 1 aliphatic heterocycles. The van der Waals surface area contributed by atoms with Crippen LogP contribution in [0, 0.1) is 18.6 Å². The second-order valence-corrected chi connectivity index (χ2v) is 7.22. The summed E-state index contributed by atoms with van der Waals surface area (Å²) in [5.41, 5.74) is 5.26. The first kappa shape index (κ1) is 16.2. The number of quaternary nitrogens is 1.